The summed E-state index contributed by atoms with van der Waals surface area (Å²) in [5, 5.41) is 0.133. The van der Waals surface area contributed by atoms with E-state index in [9.17, 15) is 9.59 Å². The van der Waals surface area contributed by atoms with Gasteiger partial charge in [0.15, 0.2) is 8.32 Å². The van der Waals surface area contributed by atoms with Crippen LogP contribution in [0.25, 0.3) is 0 Å². The fourth-order valence-corrected chi connectivity index (χ4v) is 5.47. The van der Waals surface area contributed by atoms with E-state index in [-0.39, 0.29) is 47.2 Å². The zero-order chi connectivity index (χ0) is 26.7. The monoisotopic (exact) mass is 503 g/mol. The van der Waals surface area contributed by atoms with Gasteiger partial charge in [-0.05, 0) is 37.4 Å². The highest BCUT2D eigenvalue weighted by molar-refractivity contribution is 6.74. The Kier molecular flexibility index (Phi) is 15.0. The van der Waals surface area contributed by atoms with Crippen molar-refractivity contribution in [2.45, 2.75) is 129 Å². The van der Waals surface area contributed by atoms with Crippen molar-refractivity contribution in [3.8, 4) is 0 Å². The zero-order valence-electron chi connectivity index (χ0n) is 23.7. The molecule has 4 unspecified atom stereocenters. The number of esters is 1. The van der Waals surface area contributed by atoms with Crippen LogP contribution in [-0.4, -0.2) is 65.3 Å². The van der Waals surface area contributed by atoms with Gasteiger partial charge in [0.25, 0.3) is 0 Å². The number of methoxy groups -OCH3 is 2. The topological polar surface area (TPSA) is 97.1 Å². The predicted molar refractivity (Wildman–Crippen MR) is 140 cm³/mol. The van der Waals surface area contributed by atoms with Crippen LogP contribution in [0, 0.1) is 11.8 Å². The van der Waals surface area contributed by atoms with E-state index in [0.29, 0.717) is 19.3 Å². The van der Waals surface area contributed by atoms with Crippen molar-refractivity contribution >= 4 is 20.6 Å². The van der Waals surface area contributed by atoms with Gasteiger partial charge < -0.3 is 29.2 Å². The summed E-state index contributed by atoms with van der Waals surface area (Å²) in [6.45, 7) is 18.9. The van der Waals surface area contributed by atoms with Crippen LogP contribution < -0.4 is 5.73 Å². The molecule has 0 aliphatic rings. The van der Waals surface area contributed by atoms with Gasteiger partial charge in [-0.25, -0.2) is 0 Å². The lowest BCUT2D eigenvalue weighted by Gasteiger charge is -2.40. The highest BCUT2D eigenvalue weighted by atomic mass is 28.4. The van der Waals surface area contributed by atoms with Gasteiger partial charge in [-0.2, -0.15) is 0 Å². The molecule has 0 fully saturated rings. The maximum Gasteiger partial charge on any atom is 0.305 e. The number of hydrogen-bond acceptors (Lipinski definition) is 7. The van der Waals surface area contributed by atoms with E-state index in [4.69, 9.17) is 24.4 Å². The standard InChI is InChI=1S/C26H53NO6Si/c1-12-20(33-34(10,11)26(5,6)7)16-23(30-8)21(27)14-15-22(32-24(29)13-2)19(4)25(31-9)18(3)17-28/h17-23,25H,12-16,27H2,1-11H3/t18?,19?,20?,21-,22?,23-,25+/m0/s1. The maximum atomic E-state index is 12.1. The summed E-state index contributed by atoms with van der Waals surface area (Å²) in [5.41, 5.74) is 6.59. The second-order valence-corrected chi connectivity index (χ2v) is 15.9. The third-order valence-corrected chi connectivity index (χ3v) is 12.0. The molecular weight excluding hydrogens is 450 g/mol. The molecule has 0 rings (SSSR count). The molecule has 7 nitrogen and oxygen atoms in total. The fourth-order valence-electron chi connectivity index (χ4n) is 4.02. The van der Waals surface area contributed by atoms with Crippen LogP contribution in [0.4, 0.5) is 0 Å². The van der Waals surface area contributed by atoms with E-state index in [2.05, 4.69) is 40.8 Å². The molecule has 0 saturated carbocycles. The minimum atomic E-state index is -1.90. The Labute approximate surface area is 209 Å². The van der Waals surface area contributed by atoms with Gasteiger partial charge >= 0.3 is 5.97 Å². The number of aldehydes is 1. The highest BCUT2D eigenvalue weighted by Gasteiger charge is 2.39. The molecule has 0 heterocycles. The largest absolute Gasteiger partial charge is 0.462 e. The Morgan fingerprint density at radius 1 is 1.03 bits per heavy atom. The Morgan fingerprint density at radius 3 is 2.03 bits per heavy atom. The van der Waals surface area contributed by atoms with Gasteiger partial charge in [-0.3, -0.25) is 4.79 Å². The van der Waals surface area contributed by atoms with Crippen molar-refractivity contribution in [1.29, 1.82) is 0 Å². The van der Waals surface area contributed by atoms with Gasteiger partial charge in [0.05, 0.1) is 12.2 Å². The van der Waals surface area contributed by atoms with Crippen LogP contribution >= 0.6 is 0 Å². The van der Waals surface area contributed by atoms with E-state index in [1.54, 1.807) is 21.1 Å². The molecule has 2 N–H and O–H groups in total. The average molecular weight is 504 g/mol. The molecule has 0 aromatic heterocycles. The minimum absolute atomic E-state index is 0.0795. The van der Waals surface area contributed by atoms with Crippen LogP contribution in [0.15, 0.2) is 0 Å². The van der Waals surface area contributed by atoms with Crippen LogP contribution in [-0.2, 0) is 28.2 Å². The molecule has 0 aliphatic carbocycles. The van der Waals surface area contributed by atoms with E-state index in [1.165, 1.54) is 0 Å². The Balaban J connectivity index is 5.35. The second kappa shape index (κ2) is 15.3. The van der Waals surface area contributed by atoms with E-state index < -0.39 is 14.4 Å². The van der Waals surface area contributed by atoms with Crippen molar-refractivity contribution < 1.29 is 28.2 Å². The number of carbonyl (C=O) groups is 2. The third-order valence-electron chi connectivity index (χ3n) is 7.46. The Morgan fingerprint density at radius 2 is 1.62 bits per heavy atom. The molecule has 0 bridgehead atoms. The molecule has 0 aromatic rings. The van der Waals surface area contributed by atoms with Crippen molar-refractivity contribution in [3.63, 3.8) is 0 Å². The fraction of sp³-hybridized carbons (Fsp3) is 0.923. The quantitative estimate of drug-likeness (QED) is 0.167. The number of nitrogens with two attached hydrogens (primary N) is 1. The number of rotatable bonds is 17. The van der Waals surface area contributed by atoms with E-state index in [1.807, 2.05) is 13.8 Å². The Hall–Kier alpha value is -0.803. The molecule has 0 amide bonds. The summed E-state index contributed by atoms with van der Waals surface area (Å²) in [6, 6.07) is -0.235. The molecule has 7 atom stereocenters. The molecule has 0 aromatic carbocycles. The predicted octanol–water partition coefficient (Wildman–Crippen LogP) is 5.11. The number of carbonyl (C=O) groups excluding carboxylic acids is 2. The summed E-state index contributed by atoms with van der Waals surface area (Å²) in [6.07, 6.45) is 3.15. The first kappa shape index (κ1) is 33.2. The van der Waals surface area contributed by atoms with Crippen molar-refractivity contribution in [3.05, 3.63) is 0 Å². The van der Waals surface area contributed by atoms with Crippen LogP contribution in [0.2, 0.25) is 18.1 Å². The summed E-state index contributed by atoms with van der Waals surface area (Å²) in [4.78, 5) is 23.5. The molecule has 0 aliphatic heterocycles. The molecular formula is C26H53NO6Si. The van der Waals surface area contributed by atoms with E-state index in [0.717, 1.165) is 19.1 Å². The normalized spacial score (nSPS) is 18.9. The first-order valence-electron chi connectivity index (χ1n) is 12.8. The third kappa shape index (κ3) is 10.4. The van der Waals surface area contributed by atoms with Gasteiger partial charge in [0, 0.05) is 51.0 Å². The molecule has 8 heteroatoms. The van der Waals surface area contributed by atoms with Gasteiger partial charge in [-0.15, -0.1) is 0 Å². The average Bonchev–Trinajstić information content (AvgIpc) is 2.77. The summed E-state index contributed by atoms with van der Waals surface area (Å²) in [7, 11) is 1.37. The van der Waals surface area contributed by atoms with Gasteiger partial charge in [0.1, 0.15) is 12.4 Å². The Bertz CT molecular complexity index is 594. The molecule has 0 radical (unpaired) electrons. The lowest BCUT2D eigenvalue weighted by molar-refractivity contribution is -0.156. The summed E-state index contributed by atoms with van der Waals surface area (Å²) in [5.74, 6) is -0.726. The first-order valence-corrected chi connectivity index (χ1v) is 15.7. The van der Waals surface area contributed by atoms with Gasteiger partial charge in [0.2, 0.25) is 0 Å². The smallest absolute Gasteiger partial charge is 0.305 e. The van der Waals surface area contributed by atoms with Crippen LogP contribution in [0.5, 0.6) is 0 Å². The first-order chi connectivity index (χ1) is 15.7. The molecule has 202 valence electrons. The number of ether oxygens (including phenoxy) is 3. The molecule has 34 heavy (non-hydrogen) atoms. The van der Waals surface area contributed by atoms with Gasteiger partial charge in [-0.1, -0.05) is 48.5 Å². The minimum Gasteiger partial charge on any atom is -0.462 e. The second-order valence-electron chi connectivity index (χ2n) is 11.1. The molecule has 0 spiro atoms. The zero-order valence-corrected chi connectivity index (χ0v) is 24.7. The summed E-state index contributed by atoms with van der Waals surface area (Å²) >= 11 is 0. The maximum absolute atomic E-state index is 12.1. The number of hydrogen-bond donors (Lipinski definition) is 1. The van der Waals surface area contributed by atoms with Crippen LogP contribution in [0.3, 0.4) is 0 Å². The summed E-state index contributed by atoms with van der Waals surface area (Å²) < 4.78 is 23.8. The van der Waals surface area contributed by atoms with Crippen molar-refractivity contribution in [2.24, 2.45) is 17.6 Å². The van der Waals surface area contributed by atoms with Crippen molar-refractivity contribution in [1.82, 2.24) is 0 Å². The lowest BCUT2D eigenvalue weighted by atomic mass is 9.86. The lowest BCUT2D eigenvalue weighted by Crippen LogP contribution is -2.46. The van der Waals surface area contributed by atoms with Crippen LogP contribution in [0.1, 0.15) is 80.6 Å². The SMILES string of the molecule is CCC(=O)OC(CC[C@H](N)[C@H](CC(CC)O[Si](C)(C)C(C)(C)C)OC)C(C)[C@H](OC)C(C)C=O. The molecule has 0 saturated heterocycles. The van der Waals surface area contributed by atoms with Crippen molar-refractivity contribution in [2.75, 3.05) is 14.2 Å². The van der Waals surface area contributed by atoms with E-state index >= 15 is 0 Å². The highest BCUT2D eigenvalue weighted by Crippen LogP contribution is 2.38.